The molecule has 0 saturated heterocycles. The average molecular weight is 423 g/mol. The van der Waals surface area contributed by atoms with Gasteiger partial charge in [-0.1, -0.05) is 51.8 Å². The van der Waals surface area contributed by atoms with Crippen LogP contribution in [0.5, 0.6) is 0 Å². The molecule has 2 aliphatic rings. The molecular weight excluding hydrogens is 388 g/mol. The number of ether oxygens (including phenoxy) is 1. The number of carbonyl (C=O) groups is 2. The van der Waals surface area contributed by atoms with Crippen LogP contribution in [0, 0.1) is 11.3 Å². The summed E-state index contributed by atoms with van der Waals surface area (Å²) >= 11 is 0. The molecule has 1 aromatic carbocycles. The Morgan fingerprint density at radius 1 is 1.13 bits per heavy atom. The van der Waals surface area contributed by atoms with Crippen molar-refractivity contribution < 1.29 is 14.3 Å². The van der Waals surface area contributed by atoms with Crippen LogP contribution in [0.15, 0.2) is 24.3 Å². The molecule has 1 fully saturated rings. The molecule has 0 aliphatic heterocycles. The Morgan fingerprint density at radius 2 is 1.84 bits per heavy atom. The first-order valence-corrected chi connectivity index (χ1v) is 11.7. The number of nitrogens with zero attached hydrogens (tertiary/aromatic N) is 1. The summed E-state index contributed by atoms with van der Waals surface area (Å²) in [6.07, 6.45) is 6.21. The number of nitrogens with one attached hydrogen (secondary N) is 1. The summed E-state index contributed by atoms with van der Waals surface area (Å²) in [7, 11) is 0. The van der Waals surface area contributed by atoms with Gasteiger partial charge in [-0.25, -0.2) is 4.79 Å². The number of esters is 1. The minimum absolute atomic E-state index is 0.152. The monoisotopic (exact) mass is 422 g/mol. The first kappa shape index (κ1) is 21.8. The molecule has 2 unspecified atom stereocenters. The fourth-order valence-corrected chi connectivity index (χ4v) is 5.02. The number of amides is 1. The molecule has 166 valence electrons. The van der Waals surface area contributed by atoms with E-state index in [1.54, 1.807) is 6.92 Å². The highest BCUT2D eigenvalue weighted by atomic mass is 16.5. The van der Waals surface area contributed by atoms with Crippen molar-refractivity contribution in [3.05, 3.63) is 41.1 Å². The zero-order valence-corrected chi connectivity index (χ0v) is 19.2. The smallest absolute Gasteiger partial charge is 0.339 e. The minimum atomic E-state index is -0.822. The van der Waals surface area contributed by atoms with Crippen LogP contribution in [0.3, 0.4) is 0 Å². The van der Waals surface area contributed by atoms with Gasteiger partial charge in [0.15, 0.2) is 6.10 Å². The average Bonchev–Trinajstić information content (AvgIpc) is 3.23. The molecule has 0 radical (unpaired) electrons. The lowest BCUT2D eigenvalue weighted by atomic mass is 9.70. The van der Waals surface area contributed by atoms with Crippen molar-refractivity contribution in [3.63, 3.8) is 0 Å². The van der Waals surface area contributed by atoms with Crippen molar-refractivity contribution in [2.24, 2.45) is 11.3 Å². The van der Waals surface area contributed by atoms with Crippen molar-refractivity contribution in [1.29, 1.82) is 0 Å². The zero-order valence-electron chi connectivity index (χ0n) is 19.2. The van der Waals surface area contributed by atoms with Gasteiger partial charge in [-0.05, 0) is 62.0 Å². The highest BCUT2D eigenvalue weighted by Crippen LogP contribution is 2.39. The largest absolute Gasteiger partial charge is 0.449 e. The Bertz CT molecular complexity index is 986. The third-order valence-corrected chi connectivity index (χ3v) is 7.04. The first-order valence-electron chi connectivity index (χ1n) is 11.7. The normalized spacial score (nSPS) is 20.3. The van der Waals surface area contributed by atoms with Crippen molar-refractivity contribution in [2.45, 2.75) is 84.8 Å². The quantitative estimate of drug-likeness (QED) is 0.705. The third-order valence-electron chi connectivity index (χ3n) is 7.04. The Morgan fingerprint density at radius 3 is 2.55 bits per heavy atom. The van der Waals surface area contributed by atoms with E-state index in [4.69, 9.17) is 9.72 Å². The van der Waals surface area contributed by atoms with E-state index in [1.165, 1.54) is 0 Å². The first-order chi connectivity index (χ1) is 14.7. The minimum Gasteiger partial charge on any atom is -0.449 e. The molecule has 1 saturated carbocycles. The van der Waals surface area contributed by atoms with Crippen molar-refractivity contribution in [3.8, 4) is 0 Å². The predicted octanol–water partition coefficient (Wildman–Crippen LogP) is 4.99. The van der Waals surface area contributed by atoms with Gasteiger partial charge >= 0.3 is 5.97 Å². The van der Waals surface area contributed by atoms with Gasteiger partial charge in [0, 0.05) is 17.1 Å². The number of hydrogen-bond donors (Lipinski definition) is 1. The molecule has 0 spiro atoms. The molecule has 0 bridgehead atoms. The summed E-state index contributed by atoms with van der Waals surface area (Å²) < 4.78 is 5.72. The van der Waals surface area contributed by atoms with E-state index < -0.39 is 12.1 Å². The molecular formula is C26H34N2O3. The lowest BCUT2D eigenvalue weighted by Crippen LogP contribution is -2.41. The van der Waals surface area contributed by atoms with E-state index in [0.29, 0.717) is 11.5 Å². The van der Waals surface area contributed by atoms with E-state index >= 15 is 0 Å². The summed E-state index contributed by atoms with van der Waals surface area (Å²) in [5, 5.41) is 3.84. The topological polar surface area (TPSA) is 68.3 Å². The number of hydrogen-bond acceptors (Lipinski definition) is 4. The van der Waals surface area contributed by atoms with Crippen LogP contribution in [0.1, 0.15) is 81.4 Å². The summed E-state index contributed by atoms with van der Waals surface area (Å²) in [6.45, 7) is 8.43. The number of rotatable bonds is 4. The number of fused-ring (bicyclic) bond motifs is 2. The van der Waals surface area contributed by atoms with E-state index in [2.05, 4.69) is 26.1 Å². The molecule has 1 heterocycles. The summed E-state index contributed by atoms with van der Waals surface area (Å²) in [5.74, 6) is -0.156. The van der Waals surface area contributed by atoms with Crippen LogP contribution in [0.4, 0.5) is 0 Å². The lowest BCUT2D eigenvalue weighted by Gasteiger charge is -2.35. The molecule has 2 atom stereocenters. The highest BCUT2D eigenvalue weighted by Gasteiger charge is 2.34. The van der Waals surface area contributed by atoms with E-state index in [1.807, 2.05) is 24.3 Å². The summed E-state index contributed by atoms with van der Waals surface area (Å²) in [6, 6.07) is 7.94. The van der Waals surface area contributed by atoms with Crippen LogP contribution < -0.4 is 5.32 Å². The van der Waals surface area contributed by atoms with Crippen molar-refractivity contribution in [1.82, 2.24) is 10.3 Å². The highest BCUT2D eigenvalue weighted by molar-refractivity contribution is 6.05. The van der Waals surface area contributed by atoms with Gasteiger partial charge in [-0.2, -0.15) is 0 Å². The second-order valence-corrected chi connectivity index (χ2v) is 10.3. The second-order valence-electron chi connectivity index (χ2n) is 10.3. The van der Waals surface area contributed by atoms with Crippen LogP contribution >= 0.6 is 0 Å². The molecule has 1 amide bonds. The molecule has 31 heavy (non-hydrogen) atoms. The van der Waals surface area contributed by atoms with Crippen LogP contribution in [-0.4, -0.2) is 29.0 Å². The molecule has 2 aromatic rings. The van der Waals surface area contributed by atoms with Gasteiger partial charge in [-0.15, -0.1) is 0 Å². The van der Waals surface area contributed by atoms with Gasteiger partial charge in [0.05, 0.1) is 11.1 Å². The SMILES string of the molecule is CC(OC(=O)c1c2c(nc3ccccc13)CCC(C(C)(C)C)C2)C(=O)NC1CCCC1. The maximum atomic E-state index is 13.4. The van der Waals surface area contributed by atoms with Gasteiger partial charge < -0.3 is 10.1 Å². The maximum absolute atomic E-state index is 13.4. The van der Waals surface area contributed by atoms with E-state index in [-0.39, 0.29) is 17.4 Å². The Hall–Kier alpha value is -2.43. The Balaban J connectivity index is 1.64. The molecule has 5 heteroatoms. The van der Waals surface area contributed by atoms with Gasteiger partial charge in [0.2, 0.25) is 0 Å². The molecule has 2 aliphatic carbocycles. The van der Waals surface area contributed by atoms with Gasteiger partial charge in [0.1, 0.15) is 0 Å². The number of aromatic nitrogens is 1. The number of benzene rings is 1. The Kier molecular flexibility index (Phi) is 6.05. The molecule has 4 rings (SSSR count). The standard InChI is InChI=1S/C26H34N2O3/c1-16(24(29)27-18-9-5-6-10-18)31-25(30)23-19-11-7-8-12-21(19)28-22-14-13-17(15-20(22)23)26(2,3)4/h7-8,11-12,16-18H,5-6,9-10,13-15H2,1-4H3,(H,27,29). The fourth-order valence-electron chi connectivity index (χ4n) is 5.02. The molecule has 5 nitrogen and oxygen atoms in total. The van der Waals surface area contributed by atoms with Crippen LogP contribution in [0.2, 0.25) is 0 Å². The number of carbonyl (C=O) groups excluding carboxylic acids is 2. The maximum Gasteiger partial charge on any atom is 0.339 e. The van der Waals surface area contributed by atoms with Crippen molar-refractivity contribution >= 4 is 22.8 Å². The number of para-hydroxylation sites is 1. The van der Waals surface area contributed by atoms with E-state index in [0.717, 1.165) is 67.1 Å². The van der Waals surface area contributed by atoms with Crippen LogP contribution in [-0.2, 0) is 22.4 Å². The van der Waals surface area contributed by atoms with Gasteiger partial charge in [-0.3, -0.25) is 9.78 Å². The molecule has 1 N–H and O–H groups in total. The fraction of sp³-hybridized carbons (Fsp3) is 0.577. The number of pyridine rings is 1. The Labute approximate surface area is 185 Å². The summed E-state index contributed by atoms with van der Waals surface area (Å²) in [5.41, 5.74) is 3.55. The third kappa shape index (κ3) is 4.60. The van der Waals surface area contributed by atoms with E-state index in [9.17, 15) is 9.59 Å². The van der Waals surface area contributed by atoms with Gasteiger partial charge in [0.25, 0.3) is 5.91 Å². The van der Waals surface area contributed by atoms with Crippen LogP contribution in [0.25, 0.3) is 10.9 Å². The number of aryl methyl sites for hydroxylation is 1. The predicted molar refractivity (Wildman–Crippen MR) is 122 cm³/mol. The zero-order chi connectivity index (χ0) is 22.2. The lowest BCUT2D eigenvalue weighted by molar-refractivity contribution is -0.129. The molecule has 1 aromatic heterocycles. The second kappa shape index (κ2) is 8.60. The summed E-state index contributed by atoms with van der Waals surface area (Å²) in [4.78, 5) is 30.9. The van der Waals surface area contributed by atoms with Crippen molar-refractivity contribution in [2.75, 3.05) is 0 Å².